The van der Waals surface area contributed by atoms with Gasteiger partial charge in [-0.2, -0.15) is 0 Å². The molecule has 1 aliphatic heterocycles. The third-order valence-corrected chi connectivity index (χ3v) is 6.79. The Hall–Kier alpha value is -3.13. The van der Waals surface area contributed by atoms with Gasteiger partial charge in [-0.15, -0.1) is 0 Å². The first-order chi connectivity index (χ1) is 16.1. The van der Waals surface area contributed by atoms with Crippen LogP contribution in [0.4, 0.5) is 11.4 Å². The van der Waals surface area contributed by atoms with Gasteiger partial charge in [-0.1, -0.05) is 11.6 Å². The second-order valence-electron chi connectivity index (χ2n) is 7.63. The fourth-order valence-corrected chi connectivity index (χ4v) is 4.83. The van der Waals surface area contributed by atoms with E-state index in [1.54, 1.807) is 36.5 Å². The lowest BCUT2D eigenvalue weighted by atomic mass is 10.0. The maximum Gasteiger partial charge on any atom is 0.255 e. The Morgan fingerprint density at radius 2 is 2.03 bits per heavy atom. The number of halogens is 1. The number of pyridine rings is 2. The van der Waals surface area contributed by atoms with Crippen molar-refractivity contribution >= 4 is 51.7 Å². The molecule has 0 saturated carbocycles. The maximum atomic E-state index is 13.1. The third-order valence-electron chi connectivity index (χ3n) is 5.48. The molecule has 0 bridgehead atoms. The van der Waals surface area contributed by atoms with Crippen molar-refractivity contribution in [3.05, 3.63) is 83.1 Å². The number of ether oxygens (including phenoxy) is 1. The van der Waals surface area contributed by atoms with Crippen LogP contribution in [0.25, 0.3) is 22.2 Å². The molecule has 0 atom stereocenters. The summed E-state index contributed by atoms with van der Waals surface area (Å²) in [4.78, 5) is 22.0. The molecule has 0 spiro atoms. The molecule has 1 amide bonds. The van der Waals surface area contributed by atoms with Crippen molar-refractivity contribution in [2.75, 3.05) is 28.7 Å². The van der Waals surface area contributed by atoms with Crippen LogP contribution in [0.15, 0.2) is 67.0 Å². The van der Waals surface area contributed by atoms with Gasteiger partial charge in [0.25, 0.3) is 5.91 Å². The van der Waals surface area contributed by atoms with E-state index in [4.69, 9.17) is 16.3 Å². The minimum Gasteiger partial charge on any atom is -0.367 e. The summed E-state index contributed by atoms with van der Waals surface area (Å²) in [6.45, 7) is 3.47. The molecule has 0 unspecified atom stereocenters. The normalized spacial score (nSPS) is 13.8. The highest BCUT2D eigenvalue weighted by Gasteiger charge is 2.17. The van der Waals surface area contributed by atoms with Gasteiger partial charge in [0.1, 0.15) is 5.94 Å². The molecular formula is C25H21ClN4O2S. The highest BCUT2D eigenvalue weighted by Crippen LogP contribution is 2.34. The second kappa shape index (κ2) is 9.39. The minimum absolute atomic E-state index is 0.172. The number of nitrogens with one attached hydrogen (secondary N) is 1. The summed E-state index contributed by atoms with van der Waals surface area (Å²) in [5, 5.41) is 4.46. The van der Waals surface area contributed by atoms with Gasteiger partial charge in [0.15, 0.2) is 0 Å². The van der Waals surface area contributed by atoms with Gasteiger partial charge in [-0.05, 0) is 79.0 Å². The summed E-state index contributed by atoms with van der Waals surface area (Å²) < 4.78 is 7.58. The Bertz CT molecular complexity index is 1340. The molecule has 0 aliphatic carbocycles. The minimum atomic E-state index is -0.172. The molecule has 6 nitrogen and oxygen atoms in total. The Balaban J connectivity index is 1.41. The number of carbonyl (C=O) groups excluding carboxylic acids is 1. The smallest absolute Gasteiger partial charge is 0.255 e. The molecule has 0 radical (unpaired) electrons. The number of fused-ring (bicyclic) bond motifs is 1. The van der Waals surface area contributed by atoms with E-state index in [1.807, 2.05) is 49.4 Å². The quantitative estimate of drug-likeness (QED) is 0.367. The summed E-state index contributed by atoms with van der Waals surface area (Å²) in [5.74, 6) is 0.469. The van der Waals surface area contributed by atoms with Gasteiger partial charge in [-0.3, -0.25) is 14.8 Å². The first-order valence-electron chi connectivity index (χ1n) is 10.5. The van der Waals surface area contributed by atoms with Crippen LogP contribution in [-0.2, 0) is 4.74 Å². The highest BCUT2D eigenvalue weighted by molar-refractivity contribution is 8.00. The van der Waals surface area contributed by atoms with Gasteiger partial charge >= 0.3 is 0 Å². The van der Waals surface area contributed by atoms with Crippen LogP contribution in [0, 0.1) is 6.92 Å². The number of carbonyl (C=O) groups is 1. The molecule has 2 aromatic carbocycles. The van der Waals surface area contributed by atoms with Crippen molar-refractivity contribution in [1.82, 2.24) is 9.97 Å². The number of hydrogen-bond donors (Lipinski definition) is 1. The predicted molar refractivity (Wildman–Crippen MR) is 135 cm³/mol. The van der Waals surface area contributed by atoms with Crippen LogP contribution in [0.5, 0.6) is 0 Å². The van der Waals surface area contributed by atoms with E-state index in [0.29, 0.717) is 28.8 Å². The molecular weight excluding hydrogens is 456 g/mol. The van der Waals surface area contributed by atoms with E-state index in [1.165, 1.54) is 0 Å². The van der Waals surface area contributed by atoms with Crippen LogP contribution in [0.3, 0.4) is 0 Å². The van der Waals surface area contributed by atoms with E-state index in [2.05, 4.69) is 19.6 Å². The number of rotatable bonds is 4. The van der Waals surface area contributed by atoms with Crippen molar-refractivity contribution in [3.63, 3.8) is 0 Å². The van der Waals surface area contributed by atoms with Gasteiger partial charge in [-0.25, -0.2) is 0 Å². The zero-order valence-electron chi connectivity index (χ0n) is 17.9. The van der Waals surface area contributed by atoms with Gasteiger partial charge in [0, 0.05) is 40.3 Å². The average Bonchev–Trinajstić information content (AvgIpc) is 2.85. The monoisotopic (exact) mass is 476 g/mol. The standard InChI is InChI=1S/C25H21ClN4O2S/c1-16-13-18(30-11-12-32-15-33-30)5-6-19(16)25(31)29-17-4-7-22(26)21(14-17)24-20-3-2-9-27-23(20)8-10-28-24/h2-10,13-14H,11-12,15H2,1H3,(H,29,31). The van der Waals surface area contributed by atoms with E-state index in [9.17, 15) is 4.79 Å². The summed E-state index contributed by atoms with van der Waals surface area (Å²) >= 11 is 8.14. The summed E-state index contributed by atoms with van der Waals surface area (Å²) in [5.41, 5.74) is 5.56. The number of nitrogens with zero attached hydrogens (tertiary/aromatic N) is 3. The lowest BCUT2D eigenvalue weighted by Crippen LogP contribution is -2.26. The number of hydrogen-bond acceptors (Lipinski definition) is 6. The van der Waals surface area contributed by atoms with Crippen molar-refractivity contribution in [2.45, 2.75) is 6.92 Å². The van der Waals surface area contributed by atoms with Crippen LogP contribution in [0.2, 0.25) is 5.02 Å². The SMILES string of the molecule is Cc1cc(N2CCOCS2)ccc1C(=O)Nc1ccc(Cl)c(-c2nccc3ncccc23)c1. The Morgan fingerprint density at radius 3 is 2.85 bits per heavy atom. The van der Waals surface area contributed by atoms with Gasteiger partial charge in [0.2, 0.25) is 0 Å². The molecule has 1 aliphatic rings. The number of anilines is 2. The first-order valence-corrected chi connectivity index (χ1v) is 11.8. The maximum absolute atomic E-state index is 13.1. The molecule has 1 N–H and O–H groups in total. The van der Waals surface area contributed by atoms with Gasteiger partial charge < -0.3 is 14.4 Å². The second-order valence-corrected chi connectivity index (χ2v) is 8.98. The predicted octanol–water partition coefficient (Wildman–Crippen LogP) is 5.95. The zero-order chi connectivity index (χ0) is 22.8. The van der Waals surface area contributed by atoms with E-state index in [-0.39, 0.29) is 5.91 Å². The van der Waals surface area contributed by atoms with Crippen molar-refractivity contribution in [2.24, 2.45) is 0 Å². The number of benzene rings is 2. The fraction of sp³-hybridized carbons (Fsp3) is 0.160. The summed E-state index contributed by atoms with van der Waals surface area (Å²) in [6, 6.07) is 17.0. The zero-order valence-corrected chi connectivity index (χ0v) is 19.5. The molecule has 166 valence electrons. The number of amides is 1. The first kappa shape index (κ1) is 21.7. The number of aromatic nitrogens is 2. The van der Waals surface area contributed by atoms with E-state index in [0.717, 1.165) is 40.0 Å². The summed E-state index contributed by atoms with van der Waals surface area (Å²) in [7, 11) is 0. The molecule has 4 aromatic rings. The third kappa shape index (κ3) is 4.53. The van der Waals surface area contributed by atoms with Crippen LogP contribution in [-0.4, -0.2) is 35.0 Å². The molecule has 5 rings (SSSR count). The largest absolute Gasteiger partial charge is 0.367 e. The van der Waals surface area contributed by atoms with Crippen LogP contribution < -0.4 is 9.62 Å². The topological polar surface area (TPSA) is 67.3 Å². The lowest BCUT2D eigenvalue weighted by molar-refractivity contribution is 0.102. The van der Waals surface area contributed by atoms with Crippen LogP contribution >= 0.6 is 23.5 Å². The number of aryl methyl sites for hydroxylation is 1. The Kier molecular flexibility index (Phi) is 6.17. The molecule has 2 aromatic heterocycles. The van der Waals surface area contributed by atoms with Crippen molar-refractivity contribution in [3.8, 4) is 11.3 Å². The van der Waals surface area contributed by atoms with Crippen molar-refractivity contribution < 1.29 is 9.53 Å². The highest BCUT2D eigenvalue weighted by atomic mass is 35.5. The van der Waals surface area contributed by atoms with E-state index >= 15 is 0 Å². The Labute approximate surface area is 201 Å². The molecule has 3 heterocycles. The van der Waals surface area contributed by atoms with Crippen molar-refractivity contribution in [1.29, 1.82) is 0 Å². The van der Waals surface area contributed by atoms with Crippen LogP contribution in [0.1, 0.15) is 15.9 Å². The molecule has 1 saturated heterocycles. The average molecular weight is 477 g/mol. The van der Waals surface area contributed by atoms with Gasteiger partial charge in [0.05, 0.1) is 29.4 Å². The molecule has 33 heavy (non-hydrogen) atoms. The Morgan fingerprint density at radius 1 is 1.12 bits per heavy atom. The summed E-state index contributed by atoms with van der Waals surface area (Å²) in [6.07, 6.45) is 3.46. The van der Waals surface area contributed by atoms with E-state index < -0.39 is 0 Å². The molecule has 8 heteroatoms. The fourth-order valence-electron chi connectivity index (χ4n) is 3.83. The lowest BCUT2D eigenvalue weighted by Gasteiger charge is -2.27. The molecule has 1 fully saturated rings.